The Balaban J connectivity index is 2.19. The van der Waals surface area contributed by atoms with E-state index in [0.717, 1.165) is 37.2 Å². The Hall–Kier alpha value is -1.81. The summed E-state index contributed by atoms with van der Waals surface area (Å²) < 4.78 is 10.6. The van der Waals surface area contributed by atoms with E-state index in [2.05, 4.69) is 12.2 Å². The van der Waals surface area contributed by atoms with Gasteiger partial charge in [-0.3, -0.25) is 4.79 Å². The second kappa shape index (κ2) is 10.9. The number of carbonyl (C=O) groups is 1. The normalized spacial score (nSPS) is 10.8. The first-order valence-corrected chi connectivity index (χ1v) is 7.44. The fraction of sp³-hybridized carbons (Fsp3) is 0.471. The van der Waals surface area contributed by atoms with Gasteiger partial charge in [0.1, 0.15) is 5.75 Å². The van der Waals surface area contributed by atoms with Crippen molar-refractivity contribution in [3.05, 3.63) is 35.9 Å². The Bertz CT molecular complexity index is 443. The van der Waals surface area contributed by atoms with Crippen LogP contribution in [0, 0.1) is 0 Å². The largest absolute Gasteiger partial charge is 0.497 e. The molecule has 1 N–H and O–H groups in total. The van der Waals surface area contributed by atoms with Crippen LogP contribution in [-0.2, 0) is 9.53 Å². The van der Waals surface area contributed by atoms with Crippen molar-refractivity contribution in [2.45, 2.75) is 26.2 Å². The third-order valence-corrected chi connectivity index (χ3v) is 2.93. The number of ether oxygens (including phenoxy) is 2. The summed E-state index contributed by atoms with van der Waals surface area (Å²) in [5.41, 5.74) is 0.937. The number of carbonyl (C=O) groups excluding carboxylic acids is 1. The summed E-state index contributed by atoms with van der Waals surface area (Å²) in [6.45, 7) is 4.27. The fourth-order valence-corrected chi connectivity index (χ4v) is 1.71. The van der Waals surface area contributed by atoms with E-state index in [4.69, 9.17) is 9.47 Å². The lowest BCUT2D eigenvalue weighted by Gasteiger charge is -2.04. The van der Waals surface area contributed by atoms with Crippen molar-refractivity contribution in [1.29, 1.82) is 0 Å². The zero-order chi connectivity index (χ0) is 15.3. The minimum Gasteiger partial charge on any atom is -0.497 e. The molecule has 0 fully saturated rings. The van der Waals surface area contributed by atoms with E-state index < -0.39 is 0 Å². The van der Waals surface area contributed by atoms with Crippen LogP contribution in [0.3, 0.4) is 0 Å². The standard InChI is InChI=1S/C17H25NO3/c1-3-4-12-21-13-6-11-18-17(19)10-9-15-7-5-8-16(14-15)20-2/h5,7-10,14H,3-4,6,11-13H2,1-2H3,(H,18,19)/b10-9+. The van der Waals surface area contributed by atoms with Gasteiger partial charge in [0.05, 0.1) is 7.11 Å². The maximum Gasteiger partial charge on any atom is 0.244 e. The van der Waals surface area contributed by atoms with Crippen molar-refractivity contribution in [3.8, 4) is 5.75 Å². The molecule has 0 aliphatic rings. The van der Waals surface area contributed by atoms with E-state index in [1.807, 2.05) is 24.3 Å². The van der Waals surface area contributed by atoms with Gasteiger partial charge in [-0.2, -0.15) is 0 Å². The van der Waals surface area contributed by atoms with Crippen LogP contribution < -0.4 is 10.1 Å². The lowest BCUT2D eigenvalue weighted by atomic mass is 10.2. The van der Waals surface area contributed by atoms with Crippen LogP contribution in [0.15, 0.2) is 30.3 Å². The molecule has 4 nitrogen and oxygen atoms in total. The number of hydrogen-bond donors (Lipinski definition) is 1. The van der Waals surface area contributed by atoms with Gasteiger partial charge in [-0.05, 0) is 36.6 Å². The molecule has 0 saturated carbocycles. The highest BCUT2D eigenvalue weighted by atomic mass is 16.5. The zero-order valence-corrected chi connectivity index (χ0v) is 12.9. The van der Waals surface area contributed by atoms with E-state index in [9.17, 15) is 4.79 Å². The molecular formula is C17H25NO3. The van der Waals surface area contributed by atoms with Crippen LogP contribution in [-0.4, -0.2) is 32.8 Å². The molecule has 4 heteroatoms. The zero-order valence-electron chi connectivity index (χ0n) is 12.9. The summed E-state index contributed by atoms with van der Waals surface area (Å²) in [4.78, 5) is 11.6. The summed E-state index contributed by atoms with van der Waals surface area (Å²) in [5.74, 6) is 0.688. The van der Waals surface area contributed by atoms with Gasteiger partial charge < -0.3 is 14.8 Å². The Morgan fingerprint density at radius 3 is 2.86 bits per heavy atom. The van der Waals surface area contributed by atoms with Gasteiger partial charge in [0.2, 0.25) is 5.91 Å². The Labute approximate surface area is 127 Å². The monoisotopic (exact) mass is 291 g/mol. The molecule has 0 atom stereocenters. The van der Waals surface area contributed by atoms with E-state index in [-0.39, 0.29) is 5.91 Å². The fourth-order valence-electron chi connectivity index (χ4n) is 1.71. The van der Waals surface area contributed by atoms with Crippen LogP contribution in [0.5, 0.6) is 5.75 Å². The summed E-state index contributed by atoms with van der Waals surface area (Å²) >= 11 is 0. The van der Waals surface area contributed by atoms with E-state index >= 15 is 0 Å². The quantitative estimate of drug-likeness (QED) is 0.532. The molecule has 0 saturated heterocycles. The molecule has 1 aromatic carbocycles. The predicted molar refractivity (Wildman–Crippen MR) is 85.4 cm³/mol. The van der Waals surface area contributed by atoms with Gasteiger partial charge in [0.15, 0.2) is 0 Å². The summed E-state index contributed by atoms with van der Waals surface area (Å²) in [6.07, 6.45) is 6.38. The molecule has 1 aromatic rings. The van der Waals surface area contributed by atoms with E-state index in [0.29, 0.717) is 13.2 Å². The van der Waals surface area contributed by atoms with Crippen molar-refractivity contribution in [2.75, 3.05) is 26.9 Å². The lowest BCUT2D eigenvalue weighted by Crippen LogP contribution is -2.23. The minimum absolute atomic E-state index is 0.0913. The molecule has 0 bridgehead atoms. The summed E-state index contributed by atoms with van der Waals surface area (Å²) in [6, 6.07) is 7.57. The highest BCUT2D eigenvalue weighted by Gasteiger charge is 1.96. The first-order valence-electron chi connectivity index (χ1n) is 7.44. The SMILES string of the molecule is CCCCOCCCNC(=O)/C=C/c1cccc(OC)c1. The molecule has 1 amide bonds. The highest BCUT2D eigenvalue weighted by Crippen LogP contribution is 2.13. The first kappa shape index (κ1) is 17.2. The van der Waals surface area contributed by atoms with Crippen LogP contribution in [0.4, 0.5) is 0 Å². The average Bonchev–Trinajstić information content (AvgIpc) is 2.52. The Morgan fingerprint density at radius 2 is 2.10 bits per heavy atom. The molecule has 0 unspecified atom stereocenters. The number of nitrogens with one attached hydrogen (secondary N) is 1. The second-order valence-electron chi connectivity index (χ2n) is 4.72. The van der Waals surface area contributed by atoms with Crippen molar-refractivity contribution in [2.24, 2.45) is 0 Å². The molecule has 0 aromatic heterocycles. The third-order valence-electron chi connectivity index (χ3n) is 2.93. The predicted octanol–water partition coefficient (Wildman–Crippen LogP) is 3.03. The molecule has 21 heavy (non-hydrogen) atoms. The van der Waals surface area contributed by atoms with Crippen molar-refractivity contribution < 1.29 is 14.3 Å². The van der Waals surface area contributed by atoms with Gasteiger partial charge in [-0.1, -0.05) is 25.5 Å². The van der Waals surface area contributed by atoms with E-state index in [1.54, 1.807) is 13.2 Å². The third kappa shape index (κ3) is 8.15. The number of methoxy groups -OCH3 is 1. The van der Waals surface area contributed by atoms with Gasteiger partial charge in [-0.15, -0.1) is 0 Å². The van der Waals surface area contributed by atoms with Crippen LogP contribution >= 0.6 is 0 Å². The van der Waals surface area contributed by atoms with Gasteiger partial charge in [0, 0.05) is 25.8 Å². The summed E-state index contributed by atoms with van der Waals surface area (Å²) in [5, 5.41) is 2.84. The van der Waals surface area contributed by atoms with Crippen molar-refractivity contribution in [1.82, 2.24) is 5.32 Å². The maximum atomic E-state index is 11.6. The van der Waals surface area contributed by atoms with Crippen LogP contribution in [0.2, 0.25) is 0 Å². The molecule has 0 aliphatic carbocycles. The second-order valence-corrected chi connectivity index (χ2v) is 4.72. The molecule has 1 rings (SSSR count). The minimum atomic E-state index is -0.0913. The smallest absolute Gasteiger partial charge is 0.244 e. The number of amides is 1. The molecule has 0 radical (unpaired) electrons. The number of hydrogen-bond acceptors (Lipinski definition) is 3. The van der Waals surface area contributed by atoms with Crippen molar-refractivity contribution in [3.63, 3.8) is 0 Å². The number of rotatable bonds is 10. The number of unbranched alkanes of at least 4 members (excludes halogenated alkanes) is 1. The van der Waals surface area contributed by atoms with Crippen LogP contribution in [0.25, 0.3) is 6.08 Å². The van der Waals surface area contributed by atoms with Gasteiger partial charge in [0.25, 0.3) is 0 Å². The lowest BCUT2D eigenvalue weighted by molar-refractivity contribution is -0.116. The Morgan fingerprint density at radius 1 is 1.29 bits per heavy atom. The van der Waals surface area contributed by atoms with E-state index in [1.165, 1.54) is 6.08 Å². The molecule has 0 spiro atoms. The average molecular weight is 291 g/mol. The Kier molecular flexibility index (Phi) is 8.96. The van der Waals surface area contributed by atoms with Gasteiger partial charge in [-0.25, -0.2) is 0 Å². The molecule has 116 valence electrons. The summed E-state index contributed by atoms with van der Waals surface area (Å²) in [7, 11) is 1.62. The van der Waals surface area contributed by atoms with Crippen molar-refractivity contribution >= 4 is 12.0 Å². The first-order chi connectivity index (χ1) is 10.3. The van der Waals surface area contributed by atoms with Crippen LogP contribution in [0.1, 0.15) is 31.7 Å². The maximum absolute atomic E-state index is 11.6. The molecular weight excluding hydrogens is 266 g/mol. The highest BCUT2D eigenvalue weighted by molar-refractivity contribution is 5.91. The van der Waals surface area contributed by atoms with Gasteiger partial charge >= 0.3 is 0 Å². The molecule has 0 heterocycles. The topological polar surface area (TPSA) is 47.6 Å². The number of benzene rings is 1. The molecule has 0 aliphatic heterocycles.